The molecule has 20 heavy (non-hydrogen) atoms. The van der Waals surface area contributed by atoms with Gasteiger partial charge in [0, 0.05) is 13.1 Å². The van der Waals surface area contributed by atoms with Gasteiger partial charge in [0.15, 0.2) is 5.58 Å². The molecule has 1 aromatic carbocycles. The van der Waals surface area contributed by atoms with Crippen LogP contribution in [-0.4, -0.2) is 30.2 Å². The molecular weight excluding hydrogens is 284 g/mol. The van der Waals surface area contributed by atoms with E-state index >= 15 is 0 Å². The number of hydrogen-bond donors (Lipinski definition) is 2. The lowest BCUT2D eigenvalue weighted by Crippen LogP contribution is -2.46. The molecule has 0 amide bonds. The van der Waals surface area contributed by atoms with Crippen molar-refractivity contribution in [2.45, 2.75) is 24.3 Å². The lowest BCUT2D eigenvalue weighted by atomic mass is 10.1. The van der Waals surface area contributed by atoms with Crippen LogP contribution in [-0.2, 0) is 17.1 Å². The number of rotatable bonds is 4. The molecule has 8 heteroatoms. The molecule has 2 rings (SSSR count). The molecular formula is C12H16N2O5S. The molecule has 0 saturated carbocycles. The van der Waals surface area contributed by atoms with Gasteiger partial charge in [-0.3, -0.25) is 4.57 Å². The molecule has 0 fully saturated rings. The molecule has 0 aliphatic rings. The molecule has 0 atom stereocenters. The SMILES string of the molecule is Cn1c(=O)oc2cc(S(=O)(=O)NC(C)(C)CO)ccc21. The van der Waals surface area contributed by atoms with Crippen LogP contribution in [0.4, 0.5) is 0 Å². The summed E-state index contributed by atoms with van der Waals surface area (Å²) in [6.07, 6.45) is 0. The Morgan fingerprint density at radius 2 is 2.05 bits per heavy atom. The highest BCUT2D eigenvalue weighted by molar-refractivity contribution is 7.89. The van der Waals surface area contributed by atoms with Crippen molar-refractivity contribution in [1.29, 1.82) is 0 Å². The van der Waals surface area contributed by atoms with Gasteiger partial charge in [0.2, 0.25) is 10.0 Å². The van der Waals surface area contributed by atoms with Gasteiger partial charge >= 0.3 is 5.76 Å². The third-order valence-electron chi connectivity index (χ3n) is 2.88. The number of sulfonamides is 1. The number of nitrogens with zero attached hydrogens (tertiary/aromatic N) is 1. The minimum absolute atomic E-state index is 0.0270. The predicted molar refractivity (Wildman–Crippen MR) is 72.9 cm³/mol. The number of benzene rings is 1. The van der Waals surface area contributed by atoms with Gasteiger partial charge in [0.25, 0.3) is 0 Å². The van der Waals surface area contributed by atoms with E-state index in [2.05, 4.69) is 4.72 Å². The van der Waals surface area contributed by atoms with Gasteiger partial charge in [-0.1, -0.05) is 0 Å². The molecule has 0 saturated heterocycles. The number of hydrogen-bond acceptors (Lipinski definition) is 5. The minimum Gasteiger partial charge on any atom is -0.408 e. The zero-order valence-corrected chi connectivity index (χ0v) is 12.2. The van der Waals surface area contributed by atoms with Crippen LogP contribution in [0.25, 0.3) is 11.1 Å². The van der Waals surface area contributed by atoms with Gasteiger partial charge in [-0.2, -0.15) is 0 Å². The Hall–Kier alpha value is -1.64. The second-order valence-corrected chi connectivity index (χ2v) is 6.89. The van der Waals surface area contributed by atoms with Crippen LogP contribution < -0.4 is 10.5 Å². The van der Waals surface area contributed by atoms with Crippen LogP contribution in [0.15, 0.2) is 32.3 Å². The summed E-state index contributed by atoms with van der Waals surface area (Å²) in [6.45, 7) is 2.78. The normalized spacial score (nSPS) is 13.0. The summed E-state index contributed by atoms with van der Waals surface area (Å²) >= 11 is 0. The molecule has 110 valence electrons. The molecule has 0 unspecified atom stereocenters. The summed E-state index contributed by atoms with van der Waals surface area (Å²) in [5, 5.41) is 9.13. The first-order chi connectivity index (χ1) is 9.16. The third kappa shape index (κ3) is 2.62. The summed E-state index contributed by atoms with van der Waals surface area (Å²) in [4.78, 5) is 11.3. The molecule has 0 aliphatic heterocycles. The summed E-state index contributed by atoms with van der Waals surface area (Å²) in [7, 11) is -2.27. The molecule has 0 aliphatic carbocycles. The van der Waals surface area contributed by atoms with Gasteiger partial charge < -0.3 is 9.52 Å². The molecule has 1 aromatic heterocycles. The van der Waals surface area contributed by atoms with Crippen molar-refractivity contribution in [1.82, 2.24) is 9.29 Å². The Morgan fingerprint density at radius 1 is 1.40 bits per heavy atom. The zero-order valence-electron chi connectivity index (χ0n) is 11.4. The quantitative estimate of drug-likeness (QED) is 0.838. The summed E-state index contributed by atoms with van der Waals surface area (Å²) in [5.74, 6) is -0.557. The predicted octanol–water partition coefficient (Wildman–Crippen LogP) is 0.181. The summed E-state index contributed by atoms with van der Waals surface area (Å²) < 4.78 is 33.0. The first-order valence-electron chi connectivity index (χ1n) is 5.91. The highest BCUT2D eigenvalue weighted by Crippen LogP contribution is 2.19. The largest absolute Gasteiger partial charge is 0.419 e. The fourth-order valence-electron chi connectivity index (χ4n) is 1.74. The van der Waals surface area contributed by atoms with Crippen molar-refractivity contribution in [2.24, 2.45) is 7.05 Å². The maximum atomic E-state index is 12.2. The van der Waals surface area contributed by atoms with Gasteiger partial charge in [-0.15, -0.1) is 0 Å². The smallest absolute Gasteiger partial charge is 0.408 e. The molecule has 1 heterocycles. The van der Waals surface area contributed by atoms with E-state index in [0.29, 0.717) is 5.52 Å². The maximum Gasteiger partial charge on any atom is 0.419 e. The fraction of sp³-hybridized carbons (Fsp3) is 0.417. The van der Waals surface area contributed by atoms with Crippen LogP contribution in [0.3, 0.4) is 0 Å². The topological polar surface area (TPSA) is 102 Å². The van der Waals surface area contributed by atoms with E-state index in [1.165, 1.54) is 29.8 Å². The van der Waals surface area contributed by atoms with Crippen molar-refractivity contribution in [2.75, 3.05) is 6.61 Å². The monoisotopic (exact) mass is 300 g/mol. The van der Waals surface area contributed by atoms with Crippen molar-refractivity contribution in [3.63, 3.8) is 0 Å². The van der Waals surface area contributed by atoms with Crippen LogP contribution in [0, 0.1) is 0 Å². The lowest BCUT2D eigenvalue weighted by Gasteiger charge is -2.23. The second-order valence-electron chi connectivity index (χ2n) is 5.20. The van der Waals surface area contributed by atoms with Crippen LogP contribution in [0.1, 0.15) is 13.8 Å². The van der Waals surface area contributed by atoms with E-state index in [4.69, 9.17) is 9.52 Å². The van der Waals surface area contributed by atoms with Gasteiger partial charge in [-0.25, -0.2) is 17.9 Å². The Balaban J connectivity index is 2.50. The second kappa shape index (κ2) is 4.72. The highest BCUT2D eigenvalue weighted by atomic mass is 32.2. The number of oxazole rings is 1. The first kappa shape index (κ1) is 14.8. The highest BCUT2D eigenvalue weighted by Gasteiger charge is 2.26. The first-order valence-corrected chi connectivity index (χ1v) is 7.39. The van der Waals surface area contributed by atoms with Crippen molar-refractivity contribution in [3.05, 3.63) is 28.7 Å². The van der Waals surface area contributed by atoms with Crippen molar-refractivity contribution < 1.29 is 17.9 Å². The van der Waals surface area contributed by atoms with E-state index < -0.39 is 21.3 Å². The Labute approximate surface area is 115 Å². The molecule has 7 nitrogen and oxygen atoms in total. The molecule has 2 N–H and O–H groups in total. The molecule has 0 spiro atoms. The standard InChI is InChI=1S/C12H16N2O5S/c1-12(2,7-15)13-20(17,18)8-4-5-9-10(6-8)19-11(16)14(9)3/h4-6,13,15H,7H2,1-3H3. The summed E-state index contributed by atoms with van der Waals surface area (Å²) in [5.41, 5.74) is -0.275. The Morgan fingerprint density at radius 3 is 2.65 bits per heavy atom. The number of nitrogens with one attached hydrogen (secondary N) is 1. The fourth-order valence-corrected chi connectivity index (χ4v) is 3.16. The van der Waals surface area contributed by atoms with Crippen LogP contribution >= 0.6 is 0 Å². The molecule has 0 radical (unpaired) electrons. The minimum atomic E-state index is -3.81. The zero-order chi connectivity index (χ0) is 15.1. The van der Waals surface area contributed by atoms with E-state index in [9.17, 15) is 13.2 Å². The number of aliphatic hydroxyl groups excluding tert-OH is 1. The summed E-state index contributed by atoms with van der Waals surface area (Å²) in [6, 6.07) is 4.17. The van der Waals surface area contributed by atoms with Crippen molar-refractivity contribution >= 4 is 21.1 Å². The van der Waals surface area contributed by atoms with Crippen LogP contribution in [0.5, 0.6) is 0 Å². The Bertz CT molecular complexity index is 801. The van der Waals surface area contributed by atoms with E-state index in [-0.39, 0.29) is 17.1 Å². The van der Waals surface area contributed by atoms with Crippen LogP contribution in [0.2, 0.25) is 0 Å². The van der Waals surface area contributed by atoms with Gasteiger partial charge in [0.1, 0.15) is 0 Å². The number of aromatic nitrogens is 1. The maximum absolute atomic E-state index is 12.2. The molecule has 2 aromatic rings. The number of aliphatic hydroxyl groups is 1. The average molecular weight is 300 g/mol. The third-order valence-corrected chi connectivity index (χ3v) is 4.58. The molecule has 0 bridgehead atoms. The number of fused-ring (bicyclic) bond motifs is 1. The average Bonchev–Trinajstić information content (AvgIpc) is 2.63. The van der Waals surface area contributed by atoms with E-state index in [1.807, 2.05) is 0 Å². The lowest BCUT2D eigenvalue weighted by molar-refractivity contribution is 0.208. The Kier molecular flexibility index (Phi) is 3.49. The number of aryl methyl sites for hydroxylation is 1. The van der Waals surface area contributed by atoms with E-state index in [1.54, 1.807) is 13.8 Å². The van der Waals surface area contributed by atoms with Gasteiger partial charge in [0.05, 0.1) is 22.6 Å². The van der Waals surface area contributed by atoms with Crippen molar-refractivity contribution in [3.8, 4) is 0 Å². The van der Waals surface area contributed by atoms with E-state index in [0.717, 1.165) is 0 Å². The van der Waals surface area contributed by atoms with Gasteiger partial charge in [-0.05, 0) is 26.0 Å².